The number of amides is 1. The molecule has 0 saturated carbocycles. The molecule has 0 saturated heterocycles. The number of nitrogens with one attached hydrogen (secondary N) is 1. The quantitative estimate of drug-likeness (QED) is 0.521. The number of halogens is 1. The highest BCUT2D eigenvalue weighted by molar-refractivity contribution is 7.15. The van der Waals surface area contributed by atoms with Gasteiger partial charge in [-0.3, -0.25) is 10.1 Å². The summed E-state index contributed by atoms with van der Waals surface area (Å²) >= 11 is 7.51. The number of aromatic nitrogens is 2. The van der Waals surface area contributed by atoms with E-state index >= 15 is 0 Å². The Balaban J connectivity index is 1.34. The van der Waals surface area contributed by atoms with E-state index in [1.54, 1.807) is 18.2 Å². The molecule has 0 bridgehead atoms. The third-order valence-electron chi connectivity index (χ3n) is 4.60. The fraction of sp³-hybridized carbons (Fsp3) is 0.150. The van der Waals surface area contributed by atoms with Crippen molar-refractivity contribution in [3.8, 4) is 0 Å². The van der Waals surface area contributed by atoms with Gasteiger partial charge in [0.2, 0.25) is 0 Å². The molecule has 140 valence electrons. The Kier molecular flexibility index (Phi) is 4.26. The van der Waals surface area contributed by atoms with E-state index in [0.29, 0.717) is 45.9 Å². The Bertz CT molecular complexity index is 1170. The molecule has 0 unspecified atom stereocenters. The Morgan fingerprint density at radius 2 is 2.04 bits per heavy atom. The van der Waals surface area contributed by atoms with Gasteiger partial charge in [-0.15, -0.1) is 0 Å². The van der Waals surface area contributed by atoms with Gasteiger partial charge in [0.05, 0.1) is 12.2 Å². The second kappa shape index (κ2) is 6.92. The molecule has 1 aliphatic heterocycles. The van der Waals surface area contributed by atoms with Crippen LogP contribution in [0.4, 0.5) is 11.1 Å². The Hall–Kier alpha value is -2.90. The van der Waals surface area contributed by atoms with Crippen LogP contribution in [-0.2, 0) is 13.0 Å². The predicted octanol–water partition coefficient (Wildman–Crippen LogP) is 4.88. The van der Waals surface area contributed by atoms with Crippen LogP contribution in [0, 0.1) is 0 Å². The maximum Gasteiger partial charge on any atom is 0.302 e. The number of fused-ring (bicyclic) bond motifs is 2. The minimum Gasteiger partial charge on any atom is -0.423 e. The molecule has 3 heterocycles. The van der Waals surface area contributed by atoms with Crippen LogP contribution in [0.3, 0.4) is 0 Å². The third kappa shape index (κ3) is 3.23. The summed E-state index contributed by atoms with van der Waals surface area (Å²) in [5.74, 6) is 0.0463. The van der Waals surface area contributed by atoms with Crippen LogP contribution in [0.25, 0.3) is 11.1 Å². The van der Waals surface area contributed by atoms with Crippen molar-refractivity contribution in [2.75, 3.05) is 11.9 Å². The van der Waals surface area contributed by atoms with Gasteiger partial charge in [0.25, 0.3) is 5.91 Å². The number of benzene rings is 2. The van der Waals surface area contributed by atoms with E-state index in [-0.39, 0.29) is 5.91 Å². The van der Waals surface area contributed by atoms with Crippen molar-refractivity contribution in [3.63, 3.8) is 0 Å². The largest absolute Gasteiger partial charge is 0.423 e. The van der Waals surface area contributed by atoms with Crippen molar-refractivity contribution in [3.05, 3.63) is 69.7 Å². The number of nitrogens with zero attached hydrogens (tertiary/aromatic N) is 3. The van der Waals surface area contributed by atoms with Gasteiger partial charge in [-0.05, 0) is 30.3 Å². The molecular weight excluding hydrogens is 396 g/mol. The molecule has 8 heteroatoms. The number of oxazole rings is 1. The lowest BCUT2D eigenvalue weighted by Crippen LogP contribution is -2.35. The van der Waals surface area contributed by atoms with Crippen LogP contribution in [-0.4, -0.2) is 27.3 Å². The highest BCUT2D eigenvalue weighted by Crippen LogP contribution is 2.31. The van der Waals surface area contributed by atoms with Crippen LogP contribution in [0.15, 0.2) is 52.9 Å². The fourth-order valence-electron chi connectivity index (χ4n) is 3.23. The maximum atomic E-state index is 12.7. The Labute approximate surface area is 169 Å². The minimum absolute atomic E-state index is 0.0463. The summed E-state index contributed by atoms with van der Waals surface area (Å²) in [6, 6.07) is 15.0. The molecule has 4 aromatic rings. The van der Waals surface area contributed by atoms with Crippen molar-refractivity contribution >= 4 is 51.1 Å². The molecule has 1 amide bonds. The third-order valence-corrected chi connectivity index (χ3v) is 5.84. The molecule has 6 nitrogen and oxygen atoms in total. The summed E-state index contributed by atoms with van der Waals surface area (Å²) < 4.78 is 5.70. The molecule has 0 radical (unpaired) electrons. The summed E-state index contributed by atoms with van der Waals surface area (Å²) in [6.07, 6.45) is 0.731. The summed E-state index contributed by atoms with van der Waals surface area (Å²) in [5.41, 5.74) is 3.08. The zero-order valence-corrected chi connectivity index (χ0v) is 16.3. The average molecular weight is 411 g/mol. The number of hydrogen-bond acceptors (Lipinski definition) is 6. The van der Waals surface area contributed by atoms with Gasteiger partial charge in [-0.2, -0.15) is 4.98 Å². The van der Waals surface area contributed by atoms with Gasteiger partial charge >= 0.3 is 6.01 Å². The molecule has 0 atom stereocenters. The standard InChI is InChI=1S/C20H15ClN4O2S/c21-13-6-7-16-15(10-13)22-19(27-16)24-20-23-14-8-9-25(11-17(14)28-20)18(26)12-4-2-1-3-5-12/h1-7,10H,8-9,11H2,(H,22,23,24). The Morgan fingerprint density at radius 1 is 1.18 bits per heavy atom. The first kappa shape index (κ1) is 17.2. The van der Waals surface area contributed by atoms with Crippen LogP contribution in [0.2, 0.25) is 5.02 Å². The molecule has 2 aromatic carbocycles. The summed E-state index contributed by atoms with van der Waals surface area (Å²) in [4.78, 5) is 24.7. The van der Waals surface area contributed by atoms with E-state index in [0.717, 1.165) is 17.0 Å². The monoisotopic (exact) mass is 410 g/mol. The summed E-state index contributed by atoms with van der Waals surface area (Å²) in [6.45, 7) is 1.22. The van der Waals surface area contributed by atoms with Crippen LogP contribution in [0.5, 0.6) is 0 Å². The highest BCUT2D eigenvalue weighted by Gasteiger charge is 2.25. The average Bonchev–Trinajstić information content (AvgIpc) is 3.29. The fourth-order valence-corrected chi connectivity index (χ4v) is 4.41. The lowest BCUT2D eigenvalue weighted by atomic mass is 10.1. The lowest BCUT2D eigenvalue weighted by Gasteiger charge is -2.26. The predicted molar refractivity (Wildman–Crippen MR) is 109 cm³/mol. The molecule has 0 fully saturated rings. The van der Waals surface area contributed by atoms with Crippen molar-refractivity contribution in [1.29, 1.82) is 0 Å². The van der Waals surface area contributed by atoms with Gasteiger partial charge < -0.3 is 9.32 Å². The first-order valence-corrected chi connectivity index (χ1v) is 10.0. The van der Waals surface area contributed by atoms with Gasteiger partial charge in [0.15, 0.2) is 10.7 Å². The summed E-state index contributed by atoms with van der Waals surface area (Å²) in [5, 5.41) is 4.45. The Morgan fingerprint density at radius 3 is 2.89 bits per heavy atom. The van der Waals surface area contributed by atoms with Crippen molar-refractivity contribution in [2.45, 2.75) is 13.0 Å². The SMILES string of the molecule is O=C(c1ccccc1)N1CCc2nc(Nc3nc4cc(Cl)ccc4o3)sc2C1. The molecule has 5 rings (SSSR count). The summed E-state index contributed by atoms with van der Waals surface area (Å²) in [7, 11) is 0. The van der Waals surface area contributed by atoms with Crippen LogP contribution in [0.1, 0.15) is 20.9 Å². The molecular formula is C20H15ClN4O2S. The molecule has 0 aliphatic carbocycles. The number of carbonyl (C=O) groups excluding carboxylic acids is 1. The zero-order chi connectivity index (χ0) is 19.1. The minimum atomic E-state index is 0.0463. The van der Waals surface area contributed by atoms with E-state index in [4.69, 9.17) is 16.0 Å². The molecule has 2 aromatic heterocycles. The van der Waals surface area contributed by atoms with Crippen molar-refractivity contribution < 1.29 is 9.21 Å². The number of rotatable bonds is 3. The number of carbonyl (C=O) groups is 1. The van der Waals surface area contributed by atoms with Gasteiger partial charge in [-0.1, -0.05) is 41.1 Å². The van der Waals surface area contributed by atoms with E-state index in [9.17, 15) is 4.79 Å². The van der Waals surface area contributed by atoms with Gasteiger partial charge in [0.1, 0.15) is 5.52 Å². The number of thiazole rings is 1. The molecule has 1 aliphatic rings. The van der Waals surface area contributed by atoms with Crippen LogP contribution >= 0.6 is 22.9 Å². The second-order valence-corrected chi connectivity index (χ2v) is 8.01. The number of anilines is 2. The van der Waals surface area contributed by atoms with E-state index in [2.05, 4.69) is 15.3 Å². The van der Waals surface area contributed by atoms with Gasteiger partial charge in [0, 0.05) is 28.4 Å². The molecule has 28 heavy (non-hydrogen) atoms. The topological polar surface area (TPSA) is 71.3 Å². The lowest BCUT2D eigenvalue weighted by molar-refractivity contribution is 0.0736. The first-order valence-electron chi connectivity index (χ1n) is 8.82. The second-order valence-electron chi connectivity index (χ2n) is 6.49. The van der Waals surface area contributed by atoms with Crippen molar-refractivity contribution in [1.82, 2.24) is 14.9 Å². The maximum absolute atomic E-state index is 12.7. The number of hydrogen-bond donors (Lipinski definition) is 1. The smallest absolute Gasteiger partial charge is 0.302 e. The zero-order valence-electron chi connectivity index (χ0n) is 14.7. The normalized spacial score (nSPS) is 13.5. The first-order chi connectivity index (χ1) is 13.7. The molecule has 0 spiro atoms. The van der Waals surface area contributed by atoms with E-state index < -0.39 is 0 Å². The molecule has 1 N–H and O–H groups in total. The van der Waals surface area contributed by atoms with Gasteiger partial charge in [-0.25, -0.2) is 4.98 Å². The van der Waals surface area contributed by atoms with Crippen LogP contribution < -0.4 is 5.32 Å². The van der Waals surface area contributed by atoms with E-state index in [1.807, 2.05) is 35.2 Å². The van der Waals surface area contributed by atoms with E-state index in [1.165, 1.54) is 11.3 Å². The highest BCUT2D eigenvalue weighted by atomic mass is 35.5. The van der Waals surface area contributed by atoms with Crippen molar-refractivity contribution in [2.24, 2.45) is 0 Å².